The molecule has 1 aliphatic carbocycles. The van der Waals surface area contributed by atoms with Crippen LogP contribution in [-0.4, -0.2) is 77.6 Å². The summed E-state index contributed by atoms with van der Waals surface area (Å²) >= 11 is 0. The Morgan fingerprint density at radius 2 is 1.51 bits per heavy atom. The first-order chi connectivity index (χ1) is 19.1. The van der Waals surface area contributed by atoms with Gasteiger partial charge >= 0.3 is 5.97 Å². The molecule has 2 aromatic rings. The summed E-state index contributed by atoms with van der Waals surface area (Å²) < 4.78 is 0. The average molecular weight is 530 g/mol. The first kappa shape index (κ1) is 27.0. The Morgan fingerprint density at radius 3 is 2.26 bits per heavy atom. The maximum atomic E-state index is 12.5. The highest BCUT2D eigenvalue weighted by Crippen LogP contribution is 2.38. The fourth-order valence-corrected chi connectivity index (χ4v) is 8.26. The van der Waals surface area contributed by atoms with E-state index in [1.165, 1.54) is 81.4 Å². The standard InChI is InChI=1S/C34H47N3O2/c38-34(39)33(29-12-5-2-6-13-29)37-24-31(32(25-37)28-10-3-1-4-11-28)23-35-18-15-26(16-19-35)21-36-20-17-27-9-7-8-14-30(27)22-36/h1,3-4,7-11,14,26,29,31-33H,2,5-6,12-13,15-25H2,(H,38,39)/t31-,32+,33+/m0/s1. The topological polar surface area (TPSA) is 47.0 Å². The summed E-state index contributed by atoms with van der Waals surface area (Å²) in [5.41, 5.74) is 4.45. The molecule has 3 heterocycles. The molecule has 39 heavy (non-hydrogen) atoms. The fourth-order valence-electron chi connectivity index (χ4n) is 8.26. The number of nitrogens with zero attached hydrogens (tertiary/aromatic N) is 3. The molecule has 0 unspecified atom stereocenters. The minimum Gasteiger partial charge on any atom is -0.480 e. The number of carboxylic acids is 1. The van der Waals surface area contributed by atoms with E-state index in [0.29, 0.717) is 17.8 Å². The van der Waals surface area contributed by atoms with E-state index >= 15 is 0 Å². The highest BCUT2D eigenvalue weighted by atomic mass is 16.4. The summed E-state index contributed by atoms with van der Waals surface area (Å²) in [5.74, 6) is 1.41. The van der Waals surface area contributed by atoms with Crippen LogP contribution < -0.4 is 0 Å². The van der Waals surface area contributed by atoms with Gasteiger partial charge in [0.15, 0.2) is 0 Å². The van der Waals surface area contributed by atoms with Crippen LogP contribution in [0, 0.1) is 17.8 Å². The molecule has 6 rings (SSSR count). The van der Waals surface area contributed by atoms with Crippen molar-refractivity contribution in [2.24, 2.45) is 17.8 Å². The van der Waals surface area contributed by atoms with Crippen LogP contribution in [0.5, 0.6) is 0 Å². The number of aliphatic carboxylic acids is 1. The van der Waals surface area contributed by atoms with Crippen LogP contribution in [0.15, 0.2) is 54.6 Å². The van der Waals surface area contributed by atoms with Crippen molar-refractivity contribution in [2.45, 2.75) is 69.9 Å². The maximum absolute atomic E-state index is 12.5. The number of carboxylic acid groups (broad SMARTS) is 1. The Bertz CT molecular complexity index is 1080. The minimum absolute atomic E-state index is 0.309. The van der Waals surface area contributed by atoms with Crippen molar-refractivity contribution in [3.05, 3.63) is 71.3 Å². The van der Waals surface area contributed by atoms with Crippen molar-refractivity contribution in [2.75, 3.05) is 45.8 Å². The molecule has 0 spiro atoms. The minimum atomic E-state index is -0.601. The molecule has 0 aromatic heterocycles. The Balaban J connectivity index is 1.07. The van der Waals surface area contributed by atoms with E-state index < -0.39 is 5.97 Å². The van der Waals surface area contributed by atoms with Crippen LogP contribution in [0.2, 0.25) is 0 Å². The first-order valence-electron chi connectivity index (χ1n) is 15.7. The molecular weight excluding hydrogens is 482 g/mol. The van der Waals surface area contributed by atoms with Gasteiger partial charge in [-0.3, -0.25) is 14.6 Å². The molecule has 1 saturated carbocycles. The molecule has 0 bridgehead atoms. The lowest BCUT2D eigenvalue weighted by Gasteiger charge is -2.38. The number of hydrogen-bond acceptors (Lipinski definition) is 4. The fraction of sp³-hybridized carbons (Fsp3) is 0.618. The molecule has 2 aromatic carbocycles. The lowest BCUT2D eigenvalue weighted by atomic mass is 9.83. The van der Waals surface area contributed by atoms with Crippen molar-refractivity contribution >= 4 is 5.97 Å². The highest BCUT2D eigenvalue weighted by Gasteiger charge is 2.43. The summed E-state index contributed by atoms with van der Waals surface area (Å²) in [5, 5.41) is 10.3. The molecule has 0 amide bonds. The van der Waals surface area contributed by atoms with Crippen LogP contribution in [0.25, 0.3) is 0 Å². The molecule has 0 radical (unpaired) electrons. The number of likely N-dealkylation sites (tertiary alicyclic amines) is 2. The van der Waals surface area contributed by atoms with Crippen molar-refractivity contribution < 1.29 is 9.90 Å². The third kappa shape index (κ3) is 6.42. The smallest absolute Gasteiger partial charge is 0.321 e. The molecule has 4 aliphatic rings. The third-order valence-electron chi connectivity index (χ3n) is 10.4. The zero-order chi connectivity index (χ0) is 26.6. The SMILES string of the molecule is O=C(O)[C@@H](C1CCCCC1)N1C[C@H](CN2CCC(CN3CCc4ccccc4C3)CC2)[C@@H](c2ccccc2)C1. The average Bonchev–Trinajstić information content (AvgIpc) is 3.38. The molecule has 210 valence electrons. The number of piperidine rings is 1. The van der Waals surface area contributed by atoms with Gasteiger partial charge in [0, 0.05) is 45.2 Å². The van der Waals surface area contributed by atoms with Gasteiger partial charge in [-0.15, -0.1) is 0 Å². The molecule has 3 atom stereocenters. The maximum Gasteiger partial charge on any atom is 0.321 e. The Kier molecular flexibility index (Phi) is 8.67. The second-order valence-electron chi connectivity index (χ2n) is 12.9. The number of hydrogen-bond donors (Lipinski definition) is 1. The second kappa shape index (κ2) is 12.5. The monoisotopic (exact) mass is 529 g/mol. The highest BCUT2D eigenvalue weighted by molar-refractivity contribution is 5.74. The van der Waals surface area contributed by atoms with Gasteiger partial charge in [0.1, 0.15) is 6.04 Å². The molecule has 3 aliphatic heterocycles. The van der Waals surface area contributed by atoms with Gasteiger partial charge in [-0.2, -0.15) is 0 Å². The predicted molar refractivity (Wildman–Crippen MR) is 157 cm³/mol. The third-order valence-corrected chi connectivity index (χ3v) is 10.4. The first-order valence-corrected chi connectivity index (χ1v) is 15.7. The van der Waals surface area contributed by atoms with Gasteiger partial charge in [-0.05, 0) is 79.6 Å². The summed E-state index contributed by atoms with van der Waals surface area (Å²) in [6.45, 7) is 8.79. The van der Waals surface area contributed by atoms with Gasteiger partial charge in [0.2, 0.25) is 0 Å². The van der Waals surface area contributed by atoms with Crippen LogP contribution in [-0.2, 0) is 17.8 Å². The number of fused-ring (bicyclic) bond motifs is 1. The van der Waals surface area contributed by atoms with Crippen LogP contribution in [0.1, 0.15) is 67.6 Å². The molecular formula is C34H47N3O2. The van der Waals surface area contributed by atoms with E-state index in [1.807, 2.05) is 0 Å². The van der Waals surface area contributed by atoms with Crippen molar-refractivity contribution in [3.8, 4) is 0 Å². The van der Waals surface area contributed by atoms with E-state index in [1.54, 1.807) is 0 Å². The normalized spacial score (nSPS) is 26.9. The second-order valence-corrected chi connectivity index (χ2v) is 12.9. The van der Waals surface area contributed by atoms with E-state index in [-0.39, 0.29) is 6.04 Å². The van der Waals surface area contributed by atoms with Gasteiger partial charge in [0.25, 0.3) is 0 Å². The lowest BCUT2D eigenvalue weighted by Crippen LogP contribution is -2.46. The van der Waals surface area contributed by atoms with Crippen LogP contribution in [0.3, 0.4) is 0 Å². The van der Waals surface area contributed by atoms with Crippen molar-refractivity contribution in [3.63, 3.8) is 0 Å². The number of rotatable bonds is 8. The van der Waals surface area contributed by atoms with E-state index in [9.17, 15) is 9.90 Å². The van der Waals surface area contributed by atoms with Crippen LogP contribution >= 0.6 is 0 Å². The number of benzene rings is 2. The van der Waals surface area contributed by atoms with Crippen molar-refractivity contribution in [1.29, 1.82) is 0 Å². The summed E-state index contributed by atoms with van der Waals surface area (Å²) in [4.78, 5) is 20.3. The van der Waals surface area contributed by atoms with Gasteiger partial charge in [0.05, 0.1) is 0 Å². The lowest BCUT2D eigenvalue weighted by molar-refractivity contribution is -0.145. The molecule has 1 N–H and O–H groups in total. The zero-order valence-electron chi connectivity index (χ0n) is 23.6. The van der Waals surface area contributed by atoms with Gasteiger partial charge < -0.3 is 10.0 Å². The molecule has 5 nitrogen and oxygen atoms in total. The van der Waals surface area contributed by atoms with E-state index in [4.69, 9.17) is 0 Å². The Hall–Kier alpha value is -2.21. The summed E-state index contributed by atoms with van der Waals surface area (Å²) in [7, 11) is 0. The van der Waals surface area contributed by atoms with Crippen LogP contribution in [0.4, 0.5) is 0 Å². The quantitative estimate of drug-likeness (QED) is 0.489. The largest absolute Gasteiger partial charge is 0.480 e. The van der Waals surface area contributed by atoms with E-state index in [0.717, 1.165) is 44.9 Å². The summed E-state index contributed by atoms with van der Waals surface area (Å²) in [6.07, 6.45) is 9.54. The molecule has 5 heteroatoms. The molecule has 3 fully saturated rings. The predicted octanol–water partition coefficient (Wildman–Crippen LogP) is 5.51. The van der Waals surface area contributed by atoms with E-state index in [2.05, 4.69) is 69.3 Å². The van der Waals surface area contributed by atoms with Gasteiger partial charge in [-0.25, -0.2) is 0 Å². The summed E-state index contributed by atoms with van der Waals surface area (Å²) in [6, 6.07) is 19.6. The number of carbonyl (C=O) groups is 1. The Morgan fingerprint density at radius 1 is 0.795 bits per heavy atom. The Labute approximate surface area is 235 Å². The molecule has 2 saturated heterocycles. The zero-order valence-corrected chi connectivity index (χ0v) is 23.6. The van der Waals surface area contributed by atoms with Crippen molar-refractivity contribution in [1.82, 2.24) is 14.7 Å². The van der Waals surface area contributed by atoms with Gasteiger partial charge in [-0.1, -0.05) is 73.9 Å².